The molecular weight excluding hydrogens is 641 g/mol. The zero-order valence-electron chi connectivity index (χ0n) is 23.5. The van der Waals surface area contributed by atoms with Gasteiger partial charge < -0.3 is 0 Å². The normalized spacial score (nSPS) is 14.4. The Kier molecular flexibility index (Phi) is 5.93. The van der Waals surface area contributed by atoms with Crippen molar-refractivity contribution in [1.29, 1.82) is 0 Å². The second-order valence-electron chi connectivity index (χ2n) is 11.0. The second-order valence-corrected chi connectivity index (χ2v) is 13.1. The Bertz CT molecular complexity index is 2310. The smallest absolute Gasteiger partial charge is 0.197 e. The minimum absolute atomic E-state index is 0.198. The zero-order chi connectivity index (χ0) is 32.3. The molecule has 0 atom stereocenters. The average molecular weight is 655 g/mol. The Balaban J connectivity index is 1.24. The van der Waals surface area contributed by atoms with E-state index >= 15 is 0 Å². The van der Waals surface area contributed by atoms with Gasteiger partial charge in [0.15, 0.2) is 46.4 Å². The number of benzene rings is 4. The van der Waals surface area contributed by atoms with E-state index in [-0.39, 0.29) is 33.4 Å². The van der Waals surface area contributed by atoms with Gasteiger partial charge in [0.05, 0.1) is 31.6 Å². The van der Waals surface area contributed by atoms with Gasteiger partial charge in [-0.3, -0.25) is 19.2 Å². The number of halogens is 4. The summed E-state index contributed by atoms with van der Waals surface area (Å²) >= 11 is 2.49. The molecule has 2 aliphatic rings. The highest BCUT2D eigenvalue weighted by Crippen LogP contribution is 2.41. The minimum atomic E-state index is -1.22. The molecule has 8 rings (SSSR count). The molecular formula is C34H14F4N2O4S2. The van der Waals surface area contributed by atoms with Crippen LogP contribution in [0.4, 0.5) is 17.6 Å². The first-order chi connectivity index (χ1) is 21.9. The lowest BCUT2D eigenvalue weighted by Crippen LogP contribution is -2.00. The van der Waals surface area contributed by atoms with Crippen LogP contribution in [0.25, 0.3) is 43.4 Å². The molecule has 0 N–H and O–H groups in total. The number of hydrogen-bond acceptors (Lipinski definition) is 8. The van der Waals surface area contributed by atoms with Crippen molar-refractivity contribution in [3.63, 3.8) is 0 Å². The molecule has 0 fully saturated rings. The number of aromatic nitrogens is 2. The molecule has 0 amide bonds. The molecule has 0 unspecified atom stereocenters. The van der Waals surface area contributed by atoms with E-state index < -0.39 is 46.4 Å². The van der Waals surface area contributed by atoms with Gasteiger partial charge in [-0.1, -0.05) is 0 Å². The number of thiazole rings is 2. The summed E-state index contributed by atoms with van der Waals surface area (Å²) in [6, 6.07) is 6.76. The monoisotopic (exact) mass is 654 g/mol. The molecule has 46 heavy (non-hydrogen) atoms. The van der Waals surface area contributed by atoms with Gasteiger partial charge in [-0.05, 0) is 73.5 Å². The number of carbonyl (C=O) groups excluding carboxylic acids is 4. The molecule has 12 heteroatoms. The van der Waals surface area contributed by atoms with Crippen LogP contribution in [-0.2, 0) is 0 Å². The number of fused-ring (bicyclic) bond motifs is 7. The Morgan fingerprint density at radius 3 is 1.13 bits per heavy atom. The van der Waals surface area contributed by atoms with Crippen molar-refractivity contribution in [3.8, 4) is 0 Å². The molecule has 0 radical (unpaired) electrons. The van der Waals surface area contributed by atoms with Gasteiger partial charge in [-0.15, -0.1) is 22.7 Å². The van der Waals surface area contributed by atoms with Crippen molar-refractivity contribution in [2.24, 2.45) is 0 Å². The van der Waals surface area contributed by atoms with Crippen LogP contribution in [0.1, 0.15) is 62.6 Å². The van der Waals surface area contributed by atoms with E-state index in [2.05, 4.69) is 9.97 Å². The number of nitrogens with zero attached hydrogens (tertiary/aromatic N) is 2. The summed E-state index contributed by atoms with van der Waals surface area (Å²) in [7, 11) is 0. The summed E-state index contributed by atoms with van der Waals surface area (Å²) in [5.74, 6) is -7.70. The highest BCUT2D eigenvalue weighted by atomic mass is 32.1. The molecule has 6 nitrogen and oxygen atoms in total. The van der Waals surface area contributed by atoms with Gasteiger partial charge in [-0.2, -0.15) is 0 Å². The molecule has 0 saturated carbocycles. The minimum Gasteiger partial charge on any atom is -0.288 e. The molecule has 2 aliphatic carbocycles. The lowest BCUT2D eigenvalue weighted by Gasteiger charge is -2.05. The molecule has 0 saturated heterocycles. The average Bonchev–Trinajstić information content (AvgIpc) is 3.75. The maximum atomic E-state index is 13.8. The molecule has 0 bridgehead atoms. The summed E-state index contributed by atoms with van der Waals surface area (Å²) in [6.45, 7) is 3.71. The standard InChI is InChI=1S/C34H14F4N2O4S2/c1-11-3-17-18(33-27(11)39-25(45-33)9-19-29(41)13-5-21(35)22(36)6-14(13)30(19)42)4-12(2)28-34(17)46-26(40-28)10-20-31(43)15-7-23(37)24(38)8-16(15)32(20)44/h3-10H,1-2H3. The molecule has 6 aromatic rings. The van der Waals surface area contributed by atoms with Crippen LogP contribution in [0.3, 0.4) is 0 Å². The van der Waals surface area contributed by atoms with Crippen LogP contribution in [-0.4, -0.2) is 33.1 Å². The molecule has 0 aliphatic heterocycles. The number of Topliss-reactive ketones (excluding diaryl/α,β-unsaturated/α-hetero) is 4. The van der Waals surface area contributed by atoms with Crippen molar-refractivity contribution in [2.45, 2.75) is 13.8 Å². The first kappa shape index (κ1) is 28.3. The number of hydrogen-bond donors (Lipinski definition) is 0. The van der Waals surface area contributed by atoms with Gasteiger partial charge in [-0.25, -0.2) is 27.5 Å². The third-order valence-electron chi connectivity index (χ3n) is 8.15. The van der Waals surface area contributed by atoms with E-state index in [9.17, 15) is 36.7 Å². The lowest BCUT2D eigenvalue weighted by atomic mass is 10.0. The number of carbonyl (C=O) groups is 4. The summed E-state index contributed by atoms with van der Waals surface area (Å²) < 4.78 is 56.7. The predicted octanol–water partition coefficient (Wildman–Crippen LogP) is 8.16. The number of rotatable bonds is 2. The molecule has 2 heterocycles. The van der Waals surface area contributed by atoms with Crippen LogP contribution in [0.5, 0.6) is 0 Å². The Hall–Kier alpha value is -5.20. The van der Waals surface area contributed by atoms with Crippen molar-refractivity contribution in [3.05, 3.63) is 114 Å². The first-order valence-corrected chi connectivity index (χ1v) is 15.3. The van der Waals surface area contributed by atoms with Crippen LogP contribution >= 0.6 is 22.7 Å². The van der Waals surface area contributed by atoms with Gasteiger partial charge in [0.2, 0.25) is 0 Å². The van der Waals surface area contributed by atoms with E-state index in [1.54, 1.807) is 0 Å². The third-order valence-corrected chi connectivity index (χ3v) is 10.2. The van der Waals surface area contributed by atoms with Crippen molar-refractivity contribution in [1.82, 2.24) is 9.97 Å². The van der Waals surface area contributed by atoms with E-state index in [1.807, 2.05) is 26.0 Å². The number of aryl methyl sites for hydroxylation is 2. The Morgan fingerprint density at radius 1 is 0.522 bits per heavy atom. The largest absolute Gasteiger partial charge is 0.288 e. The van der Waals surface area contributed by atoms with E-state index in [0.29, 0.717) is 21.0 Å². The third kappa shape index (κ3) is 3.93. The Morgan fingerprint density at radius 2 is 0.826 bits per heavy atom. The van der Waals surface area contributed by atoms with E-state index in [0.717, 1.165) is 55.6 Å². The summed E-state index contributed by atoms with van der Waals surface area (Å²) in [6.07, 6.45) is 2.67. The van der Waals surface area contributed by atoms with Crippen molar-refractivity contribution < 1.29 is 36.7 Å². The van der Waals surface area contributed by atoms with E-state index in [1.165, 1.54) is 34.8 Å². The van der Waals surface area contributed by atoms with Crippen LogP contribution < -0.4 is 0 Å². The SMILES string of the molecule is Cc1cc2c(cc(C)c3nc(C=C4C(=O)c5cc(F)c(F)cc5C4=O)sc32)c2sc(C=C3C(=O)c4cc(F)c(F)cc4C3=O)nc12. The van der Waals surface area contributed by atoms with Gasteiger partial charge >= 0.3 is 0 Å². The van der Waals surface area contributed by atoms with Gasteiger partial charge in [0.25, 0.3) is 0 Å². The Labute approximate surface area is 263 Å². The fourth-order valence-corrected chi connectivity index (χ4v) is 8.15. The summed E-state index contributed by atoms with van der Waals surface area (Å²) in [5.41, 5.74) is 1.60. The maximum absolute atomic E-state index is 13.8. The fourth-order valence-electron chi connectivity index (χ4n) is 5.94. The van der Waals surface area contributed by atoms with Gasteiger partial charge in [0.1, 0.15) is 10.0 Å². The highest BCUT2D eigenvalue weighted by Gasteiger charge is 2.36. The quantitative estimate of drug-likeness (QED) is 0.106. The molecule has 224 valence electrons. The van der Waals surface area contributed by atoms with E-state index in [4.69, 9.17) is 0 Å². The summed E-state index contributed by atoms with van der Waals surface area (Å²) in [5, 5.41) is 2.35. The van der Waals surface area contributed by atoms with Gasteiger partial charge in [0, 0.05) is 33.0 Å². The second kappa shape index (κ2) is 9.65. The summed E-state index contributed by atoms with van der Waals surface area (Å²) in [4.78, 5) is 61.1. The van der Waals surface area contributed by atoms with Crippen LogP contribution in [0, 0.1) is 37.1 Å². The maximum Gasteiger partial charge on any atom is 0.197 e. The van der Waals surface area contributed by atoms with Crippen molar-refractivity contribution in [2.75, 3.05) is 0 Å². The van der Waals surface area contributed by atoms with Crippen LogP contribution in [0.2, 0.25) is 0 Å². The first-order valence-electron chi connectivity index (χ1n) is 13.7. The predicted molar refractivity (Wildman–Crippen MR) is 166 cm³/mol. The molecule has 4 aromatic carbocycles. The topological polar surface area (TPSA) is 94.1 Å². The molecule has 0 spiro atoms. The van der Waals surface area contributed by atoms with Crippen molar-refractivity contribution >= 4 is 89.2 Å². The molecule has 2 aromatic heterocycles. The lowest BCUT2D eigenvalue weighted by molar-refractivity contribution is 0.0975. The zero-order valence-corrected chi connectivity index (χ0v) is 25.1. The number of allylic oxidation sites excluding steroid dienone is 2. The van der Waals surface area contributed by atoms with Crippen LogP contribution in [0.15, 0.2) is 47.5 Å². The number of ketones is 4. The fraction of sp³-hybridized carbons (Fsp3) is 0.0588. The highest BCUT2D eigenvalue weighted by molar-refractivity contribution is 7.21.